The zero-order valence-corrected chi connectivity index (χ0v) is 18.9. The van der Waals surface area contributed by atoms with Gasteiger partial charge in [0.1, 0.15) is 6.61 Å². The van der Waals surface area contributed by atoms with Crippen LogP contribution in [0.2, 0.25) is 0 Å². The number of alkyl carbamates (subject to hydrolysis) is 1. The van der Waals surface area contributed by atoms with E-state index >= 15 is 0 Å². The highest BCUT2D eigenvalue weighted by molar-refractivity contribution is 8.01. The first-order valence-electron chi connectivity index (χ1n) is 9.66. The molecular weight excluding hydrogens is 468 g/mol. The molecule has 1 aromatic heterocycles. The van der Waals surface area contributed by atoms with Crippen LogP contribution in [0.25, 0.3) is 10.2 Å². The van der Waals surface area contributed by atoms with Crippen LogP contribution in [-0.4, -0.2) is 45.9 Å². The Balaban J connectivity index is 1.55. The molecule has 10 nitrogen and oxygen atoms in total. The molecule has 0 unspecified atom stereocenters. The van der Waals surface area contributed by atoms with E-state index in [9.17, 15) is 24.8 Å². The Bertz CT molecular complexity index is 1200. The maximum absolute atomic E-state index is 12.4. The summed E-state index contributed by atoms with van der Waals surface area (Å²) in [5.41, 5.74) is 1.33. The average Bonchev–Trinajstić information content (AvgIpc) is 3.18. The Morgan fingerprint density at radius 3 is 2.88 bits per heavy atom. The number of carbonyl (C=O) groups is 2. The SMILES string of the molecule is C=CCOC(=O)NCCSc1nc2ccc(NC(=O)Cc3ccc(O)c([N+](=O)[O-])c3)cc2s1. The Morgan fingerprint density at radius 2 is 2.12 bits per heavy atom. The number of hydrogen-bond donors (Lipinski definition) is 3. The molecule has 12 heteroatoms. The minimum absolute atomic E-state index is 0.0782. The molecule has 0 aliphatic heterocycles. The number of benzene rings is 2. The lowest BCUT2D eigenvalue weighted by atomic mass is 10.1. The van der Waals surface area contributed by atoms with Crippen molar-refractivity contribution in [3.8, 4) is 5.75 Å². The summed E-state index contributed by atoms with van der Waals surface area (Å²) in [5, 5.41) is 25.9. The van der Waals surface area contributed by atoms with Crippen LogP contribution in [0.15, 0.2) is 53.4 Å². The third-order valence-electron chi connectivity index (χ3n) is 4.18. The van der Waals surface area contributed by atoms with E-state index in [1.807, 2.05) is 0 Å². The molecule has 0 fully saturated rings. The number of thioether (sulfide) groups is 1. The third kappa shape index (κ3) is 6.92. The van der Waals surface area contributed by atoms with E-state index in [0.717, 1.165) is 14.6 Å². The van der Waals surface area contributed by atoms with E-state index in [0.29, 0.717) is 23.5 Å². The van der Waals surface area contributed by atoms with E-state index in [1.165, 1.54) is 47.4 Å². The van der Waals surface area contributed by atoms with Gasteiger partial charge in [0.2, 0.25) is 5.91 Å². The van der Waals surface area contributed by atoms with Gasteiger partial charge in [0.15, 0.2) is 10.1 Å². The summed E-state index contributed by atoms with van der Waals surface area (Å²) in [4.78, 5) is 38.5. The molecule has 0 atom stereocenters. The molecule has 2 aromatic carbocycles. The number of phenols is 1. The predicted molar refractivity (Wildman–Crippen MR) is 127 cm³/mol. The second kappa shape index (κ2) is 11.3. The molecule has 2 amide bonds. The van der Waals surface area contributed by atoms with Gasteiger partial charge in [-0.15, -0.1) is 11.3 Å². The number of amides is 2. The fraction of sp³-hybridized carbons (Fsp3) is 0.190. The molecule has 172 valence electrons. The second-order valence-electron chi connectivity index (χ2n) is 6.63. The first kappa shape index (κ1) is 24.0. The van der Waals surface area contributed by atoms with Gasteiger partial charge in [-0.05, 0) is 29.8 Å². The molecular formula is C21H20N4O6S2. The van der Waals surface area contributed by atoms with Crippen LogP contribution >= 0.6 is 23.1 Å². The Hall–Kier alpha value is -3.64. The van der Waals surface area contributed by atoms with Gasteiger partial charge in [0.25, 0.3) is 0 Å². The Kier molecular flexibility index (Phi) is 8.22. The zero-order valence-electron chi connectivity index (χ0n) is 17.3. The summed E-state index contributed by atoms with van der Waals surface area (Å²) in [6.07, 6.45) is 0.915. The van der Waals surface area contributed by atoms with Gasteiger partial charge < -0.3 is 20.5 Å². The van der Waals surface area contributed by atoms with Crippen LogP contribution in [0.4, 0.5) is 16.2 Å². The van der Waals surface area contributed by atoms with Gasteiger partial charge in [-0.2, -0.15) is 0 Å². The molecule has 0 aliphatic rings. The van der Waals surface area contributed by atoms with Gasteiger partial charge in [0.05, 0.1) is 21.6 Å². The van der Waals surface area contributed by atoms with Gasteiger partial charge in [-0.3, -0.25) is 14.9 Å². The van der Waals surface area contributed by atoms with Gasteiger partial charge in [-0.1, -0.05) is 30.5 Å². The topological polar surface area (TPSA) is 144 Å². The fourth-order valence-corrected chi connectivity index (χ4v) is 4.77. The highest BCUT2D eigenvalue weighted by Gasteiger charge is 2.15. The van der Waals surface area contributed by atoms with Crippen molar-refractivity contribution in [2.75, 3.05) is 24.2 Å². The van der Waals surface area contributed by atoms with E-state index in [-0.39, 0.29) is 18.9 Å². The van der Waals surface area contributed by atoms with Crippen molar-refractivity contribution in [3.63, 3.8) is 0 Å². The largest absolute Gasteiger partial charge is 0.502 e. The number of thiazole rings is 1. The number of hydrogen-bond acceptors (Lipinski definition) is 9. The molecule has 3 rings (SSSR count). The molecule has 0 saturated carbocycles. The van der Waals surface area contributed by atoms with Crippen molar-refractivity contribution < 1.29 is 24.4 Å². The molecule has 3 N–H and O–H groups in total. The van der Waals surface area contributed by atoms with Crippen LogP contribution in [-0.2, 0) is 16.0 Å². The number of anilines is 1. The van der Waals surface area contributed by atoms with Gasteiger partial charge in [-0.25, -0.2) is 9.78 Å². The van der Waals surface area contributed by atoms with E-state index in [4.69, 9.17) is 4.74 Å². The summed E-state index contributed by atoms with van der Waals surface area (Å²) in [5.74, 6) is -0.175. The molecule has 0 radical (unpaired) electrons. The monoisotopic (exact) mass is 488 g/mol. The molecule has 1 heterocycles. The molecule has 0 aliphatic carbocycles. The number of fused-ring (bicyclic) bond motifs is 1. The number of aromatic hydroxyl groups is 1. The summed E-state index contributed by atoms with van der Waals surface area (Å²) >= 11 is 2.96. The number of nitro benzene ring substituents is 1. The maximum Gasteiger partial charge on any atom is 0.407 e. The quantitative estimate of drug-likeness (QED) is 0.127. The van der Waals surface area contributed by atoms with Gasteiger partial charge in [0, 0.05) is 24.1 Å². The number of carbonyl (C=O) groups excluding carboxylic acids is 2. The van der Waals surface area contributed by atoms with E-state index in [1.54, 1.807) is 18.2 Å². The summed E-state index contributed by atoms with van der Waals surface area (Å²) < 4.78 is 6.54. The molecule has 33 heavy (non-hydrogen) atoms. The summed E-state index contributed by atoms with van der Waals surface area (Å²) in [6, 6.07) is 9.17. The minimum atomic E-state index is -0.700. The second-order valence-corrected chi connectivity index (χ2v) is 9.00. The predicted octanol–water partition coefficient (Wildman–Crippen LogP) is 4.10. The van der Waals surface area contributed by atoms with Crippen molar-refractivity contribution in [2.24, 2.45) is 0 Å². The van der Waals surface area contributed by atoms with E-state index in [2.05, 4.69) is 22.2 Å². The molecule has 3 aromatic rings. The van der Waals surface area contributed by atoms with Crippen LogP contribution in [0, 0.1) is 10.1 Å². The van der Waals surface area contributed by atoms with Crippen molar-refractivity contribution in [1.82, 2.24) is 10.3 Å². The minimum Gasteiger partial charge on any atom is -0.502 e. The van der Waals surface area contributed by atoms with Crippen LogP contribution < -0.4 is 10.6 Å². The van der Waals surface area contributed by atoms with Crippen LogP contribution in [0.3, 0.4) is 0 Å². The first-order valence-corrected chi connectivity index (χ1v) is 11.5. The zero-order chi connectivity index (χ0) is 23.8. The first-order chi connectivity index (χ1) is 15.9. The highest BCUT2D eigenvalue weighted by Crippen LogP contribution is 2.31. The number of ether oxygens (including phenoxy) is 1. The standard InChI is InChI=1S/C21H20N4O6S2/c1-2-8-31-20(28)22-7-9-32-21-24-15-5-4-14(12-18(15)33-21)23-19(27)11-13-3-6-17(26)16(10-13)25(29)30/h2-6,10,12,26H,1,7-9,11H2,(H,22,28)(H,23,27). The molecule has 0 spiro atoms. The molecule has 0 bridgehead atoms. The normalized spacial score (nSPS) is 10.5. The van der Waals surface area contributed by atoms with Crippen molar-refractivity contribution in [3.05, 3.63) is 64.7 Å². The maximum atomic E-state index is 12.4. The number of phenolic OH excluding ortho intramolecular Hbond substituents is 1. The van der Waals surface area contributed by atoms with Crippen molar-refractivity contribution in [1.29, 1.82) is 0 Å². The van der Waals surface area contributed by atoms with Crippen molar-refractivity contribution in [2.45, 2.75) is 10.8 Å². The average molecular weight is 489 g/mol. The summed E-state index contributed by atoms with van der Waals surface area (Å²) in [6.45, 7) is 4.05. The van der Waals surface area contributed by atoms with Crippen LogP contribution in [0.5, 0.6) is 5.75 Å². The van der Waals surface area contributed by atoms with Gasteiger partial charge >= 0.3 is 11.8 Å². The third-order valence-corrected chi connectivity index (χ3v) is 6.35. The lowest BCUT2D eigenvalue weighted by Crippen LogP contribution is -2.26. The lowest BCUT2D eigenvalue weighted by Gasteiger charge is -2.06. The number of rotatable bonds is 10. The lowest BCUT2D eigenvalue weighted by molar-refractivity contribution is -0.385. The van der Waals surface area contributed by atoms with Crippen molar-refractivity contribution >= 4 is 56.7 Å². The number of nitro groups is 1. The number of nitrogens with zero attached hydrogens (tertiary/aromatic N) is 2. The highest BCUT2D eigenvalue weighted by atomic mass is 32.2. The Labute approximate surface area is 196 Å². The fourth-order valence-electron chi connectivity index (χ4n) is 2.74. The number of nitrogens with one attached hydrogen (secondary N) is 2. The molecule has 0 saturated heterocycles. The Morgan fingerprint density at radius 1 is 1.30 bits per heavy atom. The summed E-state index contributed by atoms with van der Waals surface area (Å²) in [7, 11) is 0. The smallest absolute Gasteiger partial charge is 0.407 e. The van der Waals surface area contributed by atoms with E-state index < -0.39 is 22.5 Å². The number of aromatic nitrogens is 1. The van der Waals surface area contributed by atoms with Crippen LogP contribution in [0.1, 0.15) is 5.56 Å².